The standard InChI is InChI=1S/C13H19N3O2/c1-17-7-5-16(6-8-18-2)12-4-3-11(10-14)13(15)9-12/h3-4,9H,5-8,15H2,1-2H3. The number of rotatable bonds is 7. The summed E-state index contributed by atoms with van der Waals surface area (Å²) in [4.78, 5) is 2.12. The molecule has 0 aliphatic carbocycles. The molecule has 18 heavy (non-hydrogen) atoms. The lowest BCUT2D eigenvalue weighted by atomic mass is 10.1. The summed E-state index contributed by atoms with van der Waals surface area (Å²) in [6.07, 6.45) is 0. The van der Waals surface area contributed by atoms with Gasteiger partial charge >= 0.3 is 0 Å². The van der Waals surface area contributed by atoms with Gasteiger partial charge in [-0.3, -0.25) is 0 Å². The summed E-state index contributed by atoms with van der Waals surface area (Å²) < 4.78 is 10.2. The zero-order chi connectivity index (χ0) is 13.4. The molecule has 98 valence electrons. The number of anilines is 2. The highest BCUT2D eigenvalue weighted by Gasteiger charge is 2.08. The minimum absolute atomic E-state index is 0.495. The van der Waals surface area contributed by atoms with Crippen molar-refractivity contribution in [2.75, 3.05) is 51.2 Å². The molecule has 0 aromatic heterocycles. The molecule has 0 bridgehead atoms. The maximum absolute atomic E-state index is 8.85. The molecule has 0 spiro atoms. The van der Waals surface area contributed by atoms with E-state index >= 15 is 0 Å². The first kappa shape index (κ1) is 14.3. The molecule has 1 aromatic carbocycles. The monoisotopic (exact) mass is 249 g/mol. The van der Waals surface area contributed by atoms with Gasteiger partial charge in [0.25, 0.3) is 0 Å². The lowest BCUT2D eigenvalue weighted by molar-refractivity contribution is 0.190. The van der Waals surface area contributed by atoms with Gasteiger partial charge in [0.1, 0.15) is 6.07 Å². The van der Waals surface area contributed by atoms with Gasteiger partial charge in [-0.25, -0.2) is 0 Å². The Morgan fingerprint density at radius 1 is 1.22 bits per heavy atom. The molecule has 0 amide bonds. The first-order chi connectivity index (χ1) is 8.72. The molecular formula is C13H19N3O2. The SMILES string of the molecule is COCCN(CCOC)c1ccc(C#N)c(N)c1. The van der Waals surface area contributed by atoms with Gasteiger partial charge in [0.15, 0.2) is 0 Å². The smallest absolute Gasteiger partial charge is 0.101 e. The Bertz CT molecular complexity index is 407. The van der Waals surface area contributed by atoms with Crippen LogP contribution in [-0.2, 0) is 9.47 Å². The molecule has 5 heteroatoms. The number of hydrogen-bond donors (Lipinski definition) is 1. The molecule has 0 saturated carbocycles. The summed E-state index contributed by atoms with van der Waals surface area (Å²) in [7, 11) is 3.34. The number of nitriles is 1. The summed E-state index contributed by atoms with van der Waals surface area (Å²) in [6, 6.07) is 7.49. The Labute approximate surface area is 108 Å². The van der Waals surface area contributed by atoms with E-state index in [1.807, 2.05) is 12.1 Å². The van der Waals surface area contributed by atoms with E-state index in [-0.39, 0.29) is 0 Å². The van der Waals surface area contributed by atoms with E-state index in [0.29, 0.717) is 24.5 Å². The van der Waals surface area contributed by atoms with Crippen LogP contribution in [0.4, 0.5) is 11.4 Å². The van der Waals surface area contributed by atoms with Crippen molar-refractivity contribution in [3.8, 4) is 6.07 Å². The quantitative estimate of drug-likeness (QED) is 0.736. The maximum atomic E-state index is 8.85. The van der Waals surface area contributed by atoms with Crippen LogP contribution < -0.4 is 10.6 Å². The molecule has 0 heterocycles. The molecule has 0 unspecified atom stereocenters. The number of benzene rings is 1. The fourth-order valence-corrected chi connectivity index (χ4v) is 1.62. The van der Waals surface area contributed by atoms with Gasteiger partial charge in [-0.05, 0) is 18.2 Å². The highest BCUT2D eigenvalue weighted by Crippen LogP contribution is 2.20. The number of hydrogen-bond acceptors (Lipinski definition) is 5. The van der Waals surface area contributed by atoms with E-state index in [0.717, 1.165) is 18.8 Å². The molecule has 0 saturated heterocycles. The summed E-state index contributed by atoms with van der Waals surface area (Å²) in [5.41, 5.74) is 7.78. The molecule has 0 radical (unpaired) electrons. The highest BCUT2D eigenvalue weighted by atomic mass is 16.5. The van der Waals surface area contributed by atoms with Gasteiger partial charge in [-0.1, -0.05) is 0 Å². The number of ether oxygens (including phenoxy) is 2. The summed E-state index contributed by atoms with van der Waals surface area (Å²) >= 11 is 0. The number of nitrogen functional groups attached to an aromatic ring is 1. The average Bonchev–Trinajstić information content (AvgIpc) is 2.39. The molecule has 2 N–H and O–H groups in total. The maximum Gasteiger partial charge on any atom is 0.101 e. The fraction of sp³-hybridized carbons (Fsp3) is 0.462. The van der Waals surface area contributed by atoms with Crippen molar-refractivity contribution in [3.63, 3.8) is 0 Å². The van der Waals surface area contributed by atoms with Crippen molar-refractivity contribution in [1.82, 2.24) is 0 Å². The molecule has 5 nitrogen and oxygen atoms in total. The lowest BCUT2D eigenvalue weighted by Gasteiger charge is -2.24. The molecule has 0 atom stereocenters. The van der Waals surface area contributed by atoms with Crippen LogP contribution in [0.15, 0.2) is 18.2 Å². The van der Waals surface area contributed by atoms with Crippen LogP contribution in [0.5, 0.6) is 0 Å². The number of nitrogens with two attached hydrogens (primary N) is 1. The van der Waals surface area contributed by atoms with E-state index in [1.165, 1.54) is 0 Å². The first-order valence-corrected chi connectivity index (χ1v) is 5.75. The normalized spacial score (nSPS) is 10.1. The van der Waals surface area contributed by atoms with E-state index in [9.17, 15) is 0 Å². The highest BCUT2D eigenvalue weighted by molar-refractivity contribution is 5.63. The van der Waals surface area contributed by atoms with Gasteiger partial charge in [-0.2, -0.15) is 5.26 Å². The zero-order valence-corrected chi connectivity index (χ0v) is 10.8. The van der Waals surface area contributed by atoms with Crippen LogP contribution in [0, 0.1) is 11.3 Å². The fourth-order valence-electron chi connectivity index (χ4n) is 1.62. The summed E-state index contributed by atoms with van der Waals surface area (Å²) in [5.74, 6) is 0. The van der Waals surface area contributed by atoms with Gasteiger partial charge in [0.05, 0.1) is 24.5 Å². The Balaban J connectivity index is 2.83. The van der Waals surface area contributed by atoms with E-state index in [1.54, 1.807) is 20.3 Å². The Morgan fingerprint density at radius 3 is 2.28 bits per heavy atom. The minimum atomic E-state index is 0.495. The van der Waals surface area contributed by atoms with Crippen molar-refractivity contribution < 1.29 is 9.47 Å². The van der Waals surface area contributed by atoms with Crippen LogP contribution in [0.2, 0.25) is 0 Å². The third-order valence-corrected chi connectivity index (χ3v) is 2.65. The number of methoxy groups -OCH3 is 2. The summed E-state index contributed by atoms with van der Waals surface area (Å²) in [5, 5.41) is 8.85. The molecular weight excluding hydrogens is 230 g/mol. The average molecular weight is 249 g/mol. The van der Waals surface area contributed by atoms with Crippen LogP contribution in [0.25, 0.3) is 0 Å². The second-order valence-corrected chi connectivity index (χ2v) is 3.86. The summed E-state index contributed by atoms with van der Waals surface area (Å²) in [6.45, 7) is 2.77. The first-order valence-electron chi connectivity index (χ1n) is 5.75. The molecule has 0 fully saturated rings. The molecule has 1 aromatic rings. The zero-order valence-electron chi connectivity index (χ0n) is 10.8. The van der Waals surface area contributed by atoms with Gasteiger partial charge in [0, 0.05) is 33.0 Å². The molecule has 0 aliphatic heterocycles. The predicted molar refractivity (Wildman–Crippen MR) is 71.5 cm³/mol. The van der Waals surface area contributed by atoms with Crippen LogP contribution >= 0.6 is 0 Å². The van der Waals surface area contributed by atoms with Crippen molar-refractivity contribution in [1.29, 1.82) is 5.26 Å². The van der Waals surface area contributed by atoms with E-state index < -0.39 is 0 Å². The second-order valence-electron chi connectivity index (χ2n) is 3.86. The largest absolute Gasteiger partial charge is 0.398 e. The van der Waals surface area contributed by atoms with E-state index in [2.05, 4.69) is 11.0 Å². The van der Waals surface area contributed by atoms with Crippen molar-refractivity contribution in [2.24, 2.45) is 0 Å². The van der Waals surface area contributed by atoms with Crippen LogP contribution in [0.1, 0.15) is 5.56 Å². The lowest BCUT2D eigenvalue weighted by Crippen LogP contribution is -2.30. The molecule has 0 aliphatic rings. The van der Waals surface area contributed by atoms with Crippen molar-refractivity contribution in [2.45, 2.75) is 0 Å². The minimum Gasteiger partial charge on any atom is -0.398 e. The van der Waals surface area contributed by atoms with Crippen LogP contribution in [0.3, 0.4) is 0 Å². The third-order valence-electron chi connectivity index (χ3n) is 2.65. The topological polar surface area (TPSA) is 71.5 Å². The van der Waals surface area contributed by atoms with Crippen LogP contribution in [-0.4, -0.2) is 40.5 Å². The molecule has 1 rings (SSSR count). The Hall–Kier alpha value is -1.77. The van der Waals surface area contributed by atoms with Gasteiger partial charge in [-0.15, -0.1) is 0 Å². The van der Waals surface area contributed by atoms with Gasteiger partial charge in [0.2, 0.25) is 0 Å². The van der Waals surface area contributed by atoms with Gasteiger partial charge < -0.3 is 20.1 Å². The predicted octanol–water partition coefficient (Wildman–Crippen LogP) is 1.24. The second kappa shape index (κ2) is 7.54. The van der Waals surface area contributed by atoms with Crippen molar-refractivity contribution >= 4 is 11.4 Å². The number of nitrogens with zero attached hydrogens (tertiary/aromatic N) is 2. The van der Waals surface area contributed by atoms with E-state index in [4.69, 9.17) is 20.5 Å². The Morgan fingerprint density at radius 2 is 1.83 bits per heavy atom. The Kier molecular flexibility index (Phi) is 5.98. The third kappa shape index (κ3) is 3.91. The van der Waals surface area contributed by atoms with Crippen molar-refractivity contribution in [3.05, 3.63) is 23.8 Å².